The lowest BCUT2D eigenvalue weighted by Crippen LogP contribution is -2.10. The summed E-state index contributed by atoms with van der Waals surface area (Å²) in [5.74, 6) is 0.931. The normalized spacial score (nSPS) is 11.1. The van der Waals surface area contributed by atoms with Gasteiger partial charge in [-0.25, -0.2) is 0 Å². The third-order valence-electron chi connectivity index (χ3n) is 3.21. The monoisotopic (exact) mass is 281 g/mol. The van der Waals surface area contributed by atoms with Crippen LogP contribution in [0.4, 0.5) is 0 Å². The van der Waals surface area contributed by atoms with E-state index in [1.54, 1.807) is 0 Å². The van der Waals surface area contributed by atoms with Gasteiger partial charge in [0.15, 0.2) is 0 Å². The first-order valence-electron chi connectivity index (χ1n) is 6.71. The summed E-state index contributed by atoms with van der Waals surface area (Å²) >= 11 is 1.82. The number of nitrogens with zero attached hydrogens (tertiary/aromatic N) is 1. The van der Waals surface area contributed by atoms with Gasteiger partial charge in [0.05, 0.1) is 11.6 Å². The Labute approximate surface area is 125 Å². The molecule has 0 unspecified atom stereocenters. The summed E-state index contributed by atoms with van der Waals surface area (Å²) in [6.07, 6.45) is 0. The predicted octanol–water partition coefficient (Wildman–Crippen LogP) is 5.15. The van der Waals surface area contributed by atoms with E-state index in [-0.39, 0.29) is 5.41 Å². The summed E-state index contributed by atoms with van der Waals surface area (Å²) in [5, 5.41) is 8.77. The van der Waals surface area contributed by atoms with Crippen molar-refractivity contribution in [2.24, 2.45) is 0 Å². The zero-order valence-electron chi connectivity index (χ0n) is 12.2. The van der Waals surface area contributed by atoms with Crippen LogP contribution < -0.4 is 0 Å². The van der Waals surface area contributed by atoms with Crippen LogP contribution in [0, 0.1) is 11.3 Å². The predicted molar refractivity (Wildman–Crippen MR) is 85.9 cm³/mol. The molecule has 0 saturated heterocycles. The molecule has 20 heavy (non-hydrogen) atoms. The smallest absolute Gasteiger partial charge is 0.0991 e. The Hall–Kier alpha value is -1.72. The van der Waals surface area contributed by atoms with E-state index in [4.69, 9.17) is 5.26 Å². The number of rotatable bonds is 3. The molecule has 0 aliphatic carbocycles. The summed E-state index contributed by atoms with van der Waals surface area (Å²) in [6, 6.07) is 18.7. The standard InChI is InChI=1S/C18H19NS/c1-18(2,3)16-8-10-17(11-9-16)20-13-15-6-4-14(12-19)5-7-15/h4-11H,13H2,1-3H3. The van der Waals surface area contributed by atoms with Crippen molar-refractivity contribution in [1.29, 1.82) is 5.26 Å². The quantitative estimate of drug-likeness (QED) is 0.727. The summed E-state index contributed by atoms with van der Waals surface area (Å²) in [6.45, 7) is 6.68. The molecule has 0 spiro atoms. The minimum Gasteiger partial charge on any atom is -0.192 e. The van der Waals surface area contributed by atoms with Gasteiger partial charge in [-0.2, -0.15) is 5.26 Å². The second-order valence-electron chi connectivity index (χ2n) is 5.87. The largest absolute Gasteiger partial charge is 0.192 e. The lowest BCUT2D eigenvalue weighted by atomic mass is 9.87. The van der Waals surface area contributed by atoms with Gasteiger partial charge < -0.3 is 0 Å². The molecule has 0 saturated carbocycles. The minimum atomic E-state index is 0.205. The zero-order chi connectivity index (χ0) is 14.6. The fourth-order valence-corrected chi connectivity index (χ4v) is 2.75. The van der Waals surface area contributed by atoms with E-state index in [2.05, 4.69) is 51.1 Å². The SMILES string of the molecule is CC(C)(C)c1ccc(SCc2ccc(C#N)cc2)cc1. The van der Waals surface area contributed by atoms with Gasteiger partial charge in [-0.3, -0.25) is 0 Å². The van der Waals surface area contributed by atoms with Crippen LogP contribution in [0.15, 0.2) is 53.4 Å². The third kappa shape index (κ3) is 3.88. The number of benzene rings is 2. The van der Waals surface area contributed by atoms with Gasteiger partial charge in [0.2, 0.25) is 0 Å². The maximum Gasteiger partial charge on any atom is 0.0991 e. The molecule has 1 nitrogen and oxygen atoms in total. The highest BCUT2D eigenvalue weighted by atomic mass is 32.2. The van der Waals surface area contributed by atoms with E-state index in [1.807, 2.05) is 36.0 Å². The van der Waals surface area contributed by atoms with Gasteiger partial charge in [0.25, 0.3) is 0 Å². The molecule has 0 amide bonds. The van der Waals surface area contributed by atoms with Crippen molar-refractivity contribution in [3.05, 3.63) is 65.2 Å². The molecule has 0 aliphatic heterocycles. The van der Waals surface area contributed by atoms with Crippen molar-refractivity contribution in [1.82, 2.24) is 0 Å². The minimum absolute atomic E-state index is 0.205. The summed E-state index contributed by atoms with van der Waals surface area (Å²) < 4.78 is 0. The first-order chi connectivity index (χ1) is 9.49. The van der Waals surface area contributed by atoms with Crippen LogP contribution in [0.1, 0.15) is 37.5 Å². The van der Waals surface area contributed by atoms with Gasteiger partial charge in [0, 0.05) is 10.6 Å². The molecule has 0 bridgehead atoms. The number of nitriles is 1. The second kappa shape index (κ2) is 6.15. The highest BCUT2D eigenvalue weighted by Gasteiger charge is 2.12. The topological polar surface area (TPSA) is 23.8 Å². The molecule has 2 heteroatoms. The van der Waals surface area contributed by atoms with Crippen molar-refractivity contribution in [3.63, 3.8) is 0 Å². The van der Waals surface area contributed by atoms with Crippen LogP contribution in [-0.4, -0.2) is 0 Å². The van der Waals surface area contributed by atoms with Crippen LogP contribution in [0.25, 0.3) is 0 Å². The van der Waals surface area contributed by atoms with Crippen LogP contribution in [0.2, 0.25) is 0 Å². The van der Waals surface area contributed by atoms with Gasteiger partial charge in [-0.15, -0.1) is 11.8 Å². The highest BCUT2D eigenvalue weighted by molar-refractivity contribution is 7.98. The van der Waals surface area contributed by atoms with Crippen molar-refractivity contribution in [2.75, 3.05) is 0 Å². The van der Waals surface area contributed by atoms with Crippen LogP contribution in [-0.2, 0) is 11.2 Å². The number of thioether (sulfide) groups is 1. The summed E-state index contributed by atoms with van der Waals surface area (Å²) in [7, 11) is 0. The number of hydrogen-bond acceptors (Lipinski definition) is 2. The average Bonchev–Trinajstić information content (AvgIpc) is 2.45. The lowest BCUT2D eigenvalue weighted by molar-refractivity contribution is 0.590. The average molecular weight is 281 g/mol. The molecule has 2 aromatic rings. The van der Waals surface area contributed by atoms with Gasteiger partial charge in [-0.05, 0) is 40.8 Å². The molecule has 0 radical (unpaired) electrons. The molecule has 0 atom stereocenters. The Balaban J connectivity index is 1.98. The molecule has 102 valence electrons. The fourth-order valence-electron chi connectivity index (χ4n) is 1.89. The van der Waals surface area contributed by atoms with Crippen molar-refractivity contribution >= 4 is 11.8 Å². The maximum absolute atomic E-state index is 8.77. The second-order valence-corrected chi connectivity index (χ2v) is 6.92. The van der Waals surface area contributed by atoms with Crippen LogP contribution in [0.3, 0.4) is 0 Å². The van der Waals surface area contributed by atoms with E-state index in [1.165, 1.54) is 16.0 Å². The molecule has 0 aliphatic rings. The van der Waals surface area contributed by atoms with Gasteiger partial charge >= 0.3 is 0 Å². The molecular formula is C18H19NS. The molecule has 0 heterocycles. The highest BCUT2D eigenvalue weighted by Crippen LogP contribution is 2.27. The Morgan fingerprint density at radius 2 is 1.55 bits per heavy atom. The zero-order valence-corrected chi connectivity index (χ0v) is 13.0. The first kappa shape index (κ1) is 14.7. The lowest BCUT2D eigenvalue weighted by Gasteiger charge is -2.19. The Morgan fingerprint density at radius 3 is 2.05 bits per heavy atom. The summed E-state index contributed by atoms with van der Waals surface area (Å²) in [4.78, 5) is 1.28. The van der Waals surface area contributed by atoms with Crippen molar-refractivity contribution in [3.8, 4) is 6.07 Å². The molecule has 0 aromatic heterocycles. The van der Waals surface area contributed by atoms with Gasteiger partial charge in [0.1, 0.15) is 0 Å². The van der Waals surface area contributed by atoms with Crippen molar-refractivity contribution < 1.29 is 0 Å². The molecule has 0 N–H and O–H groups in total. The third-order valence-corrected chi connectivity index (χ3v) is 4.29. The fraction of sp³-hybridized carbons (Fsp3) is 0.278. The van der Waals surface area contributed by atoms with Crippen LogP contribution in [0.5, 0.6) is 0 Å². The van der Waals surface area contributed by atoms with Gasteiger partial charge in [-0.1, -0.05) is 45.0 Å². The molecule has 2 rings (SSSR count). The Morgan fingerprint density at radius 1 is 0.950 bits per heavy atom. The van der Waals surface area contributed by atoms with E-state index < -0.39 is 0 Å². The maximum atomic E-state index is 8.77. The van der Waals surface area contributed by atoms with Crippen molar-refractivity contribution in [2.45, 2.75) is 36.8 Å². The van der Waals surface area contributed by atoms with E-state index in [0.29, 0.717) is 5.56 Å². The Bertz CT molecular complexity index is 598. The van der Waals surface area contributed by atoms with E-state index >= 15 is 0 Å². The molecule has 0 fully saturated rings. The first-order valence-corrected chi connectivity index (χ1v) is 7.70. The van der Waals surface area contributed by atoms with E-state index in [0.717, 1.165) is 5.75 Å². The van der Waals surface area contributed by atoms with Crippen LogP contribution >= 0.6 is 11.8 Å². The summed E-state index contributed by atoms with van der Waals surface area (Å²) in [5.41, 5.74) is 3.53. The molecule has 2 aromatic carbocycles. The molecular weight excluding hydrogens is 262 g/mol. The van der Waals surface area contributed by atoms with E-state index in [9.17, 15) is 0 Å². The Kier molecular flexibility index (Phi) is 4.52. The number of hydrogen-bond donors (Lipinski definition) is 0.